The van der Waals surface area contributed by atoms with Gasteiger partial charge in [0, 0.05) is 6.20 Å². The van der Waals surface area contributed by atoms with Crippen LogP contribution in [0.5, 0.6) is 5.75 Å². The predicted octanol–water partition coefficient (Wildman–Crippen LogP) is 3.32. The van der Waals surface area contributed by atoms with Crippen LogP contribution in [0.15, 0.2) is 36.5 Å². The molecule has 0 spiro atoms. The van der Waals surface area contributed by atoms with E-state index in [0.717, 1.165) is 12.3 Å². The lowest BCUT2D eigenvalue weighted by Crippen LogP contribution is -2.21. The Morgan fingerprint density at radius 2 is 1.83 bits per heavy atom. The molecular formula is C14H11F5N2O2. The van der Waals surface area contributed by atoms with E-state index in [0.29, 0.717) is 4.68 Å². The number of rotatable bonds is 6. The minimum atomic E-state index is -4.47. The first-order valence-corrected chi connectivity index (χ1v) is 6.37. The quantitative estimate of drug-likeness (QED) is 0.601. The number of hydrogen-bond acceptors (Lipinski definition) is 3. The molecular weight excluding hydrogens is 323 g/mol. The number of benzene rings is 1. The maximum absolute atomic E-state index is 13.5. The highest BCUT2D eigenvalue weighted by molar-refractivity contribution is 5.65. The zero-order valence-electron chi connectivity index (χ0n) is 11.6. The van der Waals surface area contributed by atoms with Crippen molar-refractivity contribution in [2.24, 2.45) is 0 Å². The van der Waals surface area contributed by atoms with Crippen LogP contribution < -0.4 is 4.74 Å². The van der Waals surface area contributed by atoms with Crippen molar-refractivity contribution >= 4 is 6.29 Å². The molecule has 124 valence electrons. The fraction of sp³-hybridized carbons (Fsp3) is 0.286. The molecule has 0 radical (unpaired) electrons. The van der Waals surface area contributed by atoms with E-state index in [1.54, 1.807) is 0 Å². The predicted molar refractivity (Wildman–Crippen MR) is 69.0 cm³/mol. The third kappa shape index (κ3) is 4.27. The summed E-state index contributed by atoms with van der Waals surface area (Å²) in [6.45, 7) is -1.72. The molecule has 0 aliphatic carbocycles. The molecule has 9 heteroatoms. The fourth-order valence-electron chi connectivity index (χ4n) is 1.88. The minimum absolute atomic E-state index is 0.0616. The highest BCUT2D eigenvalue weighted by atomic mass is 19.4. The summed E-state index contributed by atoms with van der Waals surface area (Å²) < 4.78 is 70.0. The lowest BCUT2D eigenvalue weighted by Gasteiger charge is -2.16. The zero-order valence-corrected chi connectivity index (χ0v) is 11.6. The van der Waals surface area contributed by atoms with E-state index in [9.17, 15) is 26.7 Å². The van der Waals surface area contributed by atoms with Crippen LogP contribution in [0.1, 0.15) is 11.3 Å². The smallest absolute Gasteiger partial charge is 0.408 e. The molecule has 2 aromatic rings. The Balaban J connectivity index is 2.17. The molecule has 0 fully saturated rings. The van der Waals surface area contributed by atoms with Crippen LogP contribution in [0.25, 0.3) is 0 Å². The standard InChI is InChI=1S/C14H11F5N2O2/c15-13(16,9-22)11-3-1-2-4-12(11)23-7-10-5-6-20-21(10)8-14(17,18)19/h1-6,9H,7-8H2. The van der Waals surface area contributed by atoms with Crippen LogP contribution >= 0.6 is 0 Å². The molecule has 1 heterocycles. The number of ether oxygens (including phenoxy) is 1. The number of para-hydroxylation sites is 1. The van der Waals surface area contributed by atoms with Gasteiger partial charge in [-0.15, -0.1) is 0 Å². The van der Waals surface area contributed by atoms with Gasteiger partial charge in [-0.1, -0.05) is 12.1 Å². The van der Waals surface area contributed by atoms with Gasteiger partial charge in [-0.25, -0.2) is 0 Å². The molecule has 0 N–H and O–H groups in total. The van der Waals surface area contributed by atoms with Crippen LogP contribution in [0, 0.1) is 0 Å². The van der Waals surface area contributed by atoms with E-state index in [1.807, 2.05) is 0 Å². The number of halogens is 5. The largest absolute Gasteiger partial charge is 0.487 e. The van der Waals surface area contributed by atoms with Gasteiger partial charge in [-0.2, -0.15) is 27.1 Å². The lowest BCUT2D eigenvalue weighted by molar-refractivity contribution is -0.143. The zero-order chi connectivity index (χ0) is 17.1. The Morgan fingerprint density at radius 1 is 1.13 bits per heavy atom. The Bertz CT molecular complexity index is 682. The number of carbonyl (C=O) groups is 1. The number of hydrogen-bond donors (Lipinski definition) is 0. The molecule has 23 heavy (non-hydrogen) atoms. The van der Waals surface area contributed by atoms with Crippen molar-refractivity contribution in [1.29, 1.82) is 0 Å². The first-order chi connectivity index (χ1) is 10.7. The molecule has 0 aliphatic rings. The number of aldehydes is 1. The van der Waals surface area contributed by atoms with E-state index in [2.05, 4.69) is 5.10 Å². The number of carbonyl (C=O) groups excluding carboxylic acids is 1. The van der Waals surface area contributed by atoms with Gasteiger partial charge in [-0.05, 0) is 18.2 Å². The van der Waals surface area contributed by atoms with Crippen molar-refractivity contribution in [2.45, 2.75) is 25.3 Å². The van der Waals surface area contributed by atoms with E-state index >= 15 is 0 Å². The number of nitrogens with zero attached hydrogens (tertiary/aromatic N) is 2. The Kier molecular flexibility index (Phi) is 4.67. The number of alkyl halides is 5. The van der Waals surface area contributed by atoms with Crippen molar-refractivity contribution in [3.63, 3.8) is 0 Å². The Hall–Kier alpha value is -2.45. The van der Waals surface area contributed by atoms with Gasteiger partial charge in [0.05, 0.1) is 11.3 Å². The molecule has 1 aromatic heterocycles. The van der Waals surface area contributed by atoms with Gasteiger partial charge >= 0.3 is 12.1 Å². The Morgan fingerprint density at radius 3 is 2.48 bits per heavy atom. The summed E-state index contributed by atoms with van der Waals surface area (Å²) in [5, 5.41) is 3.51. The lowest BCUT2D eigenvalue weighted by atomic mass is 10.1. The summed E-state index contributed by atoms with van der Waals surface area (Å²) in [6.07, 6.45) is -3.84. The fourth-order valence-corrected chi connectivity index (χ4v) is 1.88. The van der Waals surface area contributed by atoms with Crippen molar-refractivity contribution < 1.29 is 31.5 Å². The summed E-state index contributed by atoms with van der Waals surface area (Å²) >= 11 is 0. The molecule has 2 rings (SSSR count). The molecule has 1 aromatic carbocycles. The molecule has 0 unspecified atom stereocenters. The highest BCUT2D eigenvalue weighted by Gasteiger charge is 2.34. The first-order valence-electron chi connectivity index (χ1n) is 6.37. The molecule has 0 saturated carbocycles. The van der Waals surface area contributed by atoms with Gasteiger partial charge in [0.15, 0.2) is 6.29 Å². The molecule has 0 aliphatic heterocycles. The maximum Gasteiger partial charge on any atom is 0.408 e. The third-order valence-corrected chi connectivity index (χ3v) is 2.90. The summed E-state index contributed by atoms with van der Waals surface area (Å²) in [5.41, 5.74) is -0.594. The van der Waals surface area contributed by atoms with Crippen molar-refractivity contribution in [3.05, 3.63) is 47.8 Å². The molecule has 0 saturated heterocycles. The molecule has 0 bridgehead atoms. The summed E-state index contributed by atoms with van der Waals surface area (Å²) in [5.74, 6) is -4.03. The average Bonchev–Trinajstić information content (AvgIpc) is 2.90. The summed E-state index contributed by atoms with van der Waals surface area (Å²) in [6, 6.07) is 6.21. The normalized spacial score (nSPS) is 12.2. The second kappa shape index (κ2) is 6.35. The van der Waals surface area contributed by atoms with Crippen LogP contribution in [0.4, 0.5) is 22.0 Å². The summed E-state index contributed by atoms with van der Waals surface area (Å²) in [4.78, 5) is 10.5. The second-order valence-corrected chi connectivity index (χ2v) is 4.62. The molecule has 4 nitrogen and oxygen atoms in total. The van der Waals surface area contributed by atoms with E-state index in [1.165, 1.54) is 24.3 Å². The van der Waals surface area contributed by atoms with Gasteiger partial charge in [0.1, 0.15) is 18.9 Å². The second-order valence-electron chi connectivity index (χ2n) is 4.62. The molecule has 0 amide bonds. The maximum atomic E-state index is 13.5. The average molecular weight is 334 g/mol. The van der Waals surface area contributed by atoms with Crippen molar-refractivity contribution in [3.8, 4) is 5.75 Å². The third-order valence-electron chi connectivity index (χ3n) is 2.90. The van der Waals surface area contributed by atoms with E-state index in [4.69, 9.17) is 4.74 Å². The van der Waals surface area contributed by atoms with Crippen LogP contribution in [0.3, 0.4) is 0 Å². The van der Waals surface area contributed by atoms with E-state index < -0.39 is 37.1 Å². The van der Waals surface area contributed by atoms with Gasteiger partial charge < -0.3 is 4.74 Å². The van der Waals surface area contributed by atoms with Crippen LogP contribution in [-0.2, 0) is 23.9 Å². The number of aromatic nitrogens is 2. The van der Waals surface area contributed by atoms with Crippen LogP contribution in [0.2, 0.25) is 0 Å². The van der Waals surface area contributed by atoms with Gasteiger partial charge in [0.25, 0.3) is 0 Å². The monoisotopic (exact) mass is 334 g/mol. The molecule has 0 atom stereocenters. The van der Waals surface area contributed by atoms with Crippen molar-refractivity contribution in [1.82, 2.24) is 9.78 Å². The summed E-state index contributed by atoms with van der Waals surface area (Å²) in [7, 11) is 0. The SMILES string of the molecule is O=CC(F)(F)c1ccccc1OCc1ccnn1CC(F)(F)F. The van der Waals surface area contributed by atoms with E-state index in [-0.39, 0.29) is 11.4 Å². The minimum Gasteiger partial charge on any atom is -0.487 e. The first kappa shape index (κ1) is 16.9. The van der Waals surface area contributed by atoms with Gasteiger partial charge in [-0.3, -0.25) is 9.48 Å². The highest BCUT2D eigenvalue weighted by Crippen LogP contribution is 2.33. The van der Waals surface area contributed by atoms with Gasteiger partial charge in [0.2, 0.25) is 0 Å². The van der Waals surface area contributed by atoms with Crippen molar-refractivity contribution in [2.75, 3.05) is 0 Å². The van der Waals surface area contributed by atoms with Crippen LogP contribution in [-0.4, -0.2) is 22.2 Å². The Labute approximate surface area is 127 Å². The topological polar surface area (TPSA) is 44.1 Å².